The second-order valence-electron chi connectivity index (χ2n) is 8.13. The Morgan fingerprint density at radius 1 is 0.794 bits per heavy atom. The van der Waals surface area contributed by atoms with Gasteiger partial charge in [0.15, 0.2) is 0 Å². The first-order valence-corrected chi connectivity index (χ1v) is 11.3. The lowest BCUT2D eigenvalue weighted by molar-refractivity contribution is -0.137. The van der Waals surface area contributed by atoms with Crippen LogP contribution >= 0.6 is 0 Å². The molecule has 0 saturated carbocycles. The summed E-state index contributed by atoms with van der Waals surface area (Å²) in [5.74, 6) is 0.750. The van der Waals surface area contributed by atoms with Crippen LogP contribution in [0.5, 0.6) is 11.5 Å². The number of imide groups is 1. The minimum Gasteiger partial charge on any atom is -0.494 e. The molecule has 0 aliphatic carbocycles. The first kappa shape index (κ1) is 23.1. The fourth-order valence-electron chi connectivity index (χ4n) is 3.98. The highest BCUT2D eigenvalue weighted by Gasteiger charge is 2.39. The van der Waals surface area contributed by atoms with Gasteiger partial charge in [-0.1, -0.05) is 36.4 Å². The van der Waals surface area contributed by atoms with Gasteiger partial charge in [0, 0.05) is 5.69 Å². The number of rotatable bonds is 9. The molecule has 3 aromatic rings. The number of hydrogen-bond acceptors (Lipinski definition) is 5. The molecule has 0 radical (unpaired) electrons. The van der Waals surface area contributed by atoms with Crippen LogP contribution in [0, 0.1) is 13.8 Å². The third-order valence-corrected chi connectivity index (χ3v) is 5.44. The number of nitrogens with one attached hydrogen (secondary N) is 1. The predicted octanol–water partition coefficient (Wildman–Crippen LogP) is 4.97. The molecule has 1 N–H and O–H groups in total. The fraction of sp³-hybridized carbons (Fsp3) is 0.214. The molecule has 0 unspecified atom stereocenters. The van der Waals surface area contributed by atoms with Crippen molar-refractivity contribution in [3.8, 4) is 11.5 Å². The first-order chi connectivity index (χ1) is 16.5. The highest BCUT2D eigenvalue weighted by Crippen LogP contribution is 2.31. The molecule has 3 aromatic carbocycles. The second kappa shape index (κ2) is 10.3. The van der Waals surface area contributed by atoms with Crippen LogP contribution in [0.2, 0.25) is 0 Å². The number of hydrogen-bond donors (Lipinski definition) is 1. The average molecular weight is 457 g/mol. The van der Waals surface area contributed by atoms with E-state index in [0.717, 1.165) is 22.6 Å². The second-order valence-corrected chi connectivity index (χ2v) is 8.13. The van der Waals surface area contributed by atoms with Crippen LogP contribution in [0.3, 0.4) is 0 Å². The molecule has 1 heterocycles. The maximum atomic E-state index is 13.3. The van der Waals surface area contributed by atoms with Crippen LogP contribution in [0.15, 0.2) is 78.5 Å². The maximum absolute atomic E-state index is 13.3. The number of carbonyl (C=O) groups is 2. The van der Waals surface area contributed by atoms with E-state index >= 15 is 0 Å². The molecule has 0 fully saturated rings. The van der Waals surface area contributed by atoms with Gasteiger partial charge in [0.05, 0.1) is 18.7 Å². The molecule has 2 amide bonds. The van der Waals surface area contributed by atoms with E-state index in [1.54, 1.807) is 0 Å². The summed E-state index contributed by atoms with van der Waals surface area (Å²) < 4.78 is 11.3. The van der Waals surface area contributed by atoms with E-state index in [0.29, 0.717) is 23.4 Å². The van der Waals surface area contributed by atoms with Gasteiger partial charge in [-0.2, -0.15) is 0 Å². The van der Waals surface area contributed by atoms with E-state index in [4.69, 9.17) is 9.47 Å². The highest BCUT2D eigenvalue weighted by atomic mass is 16.5. The molecule has 0 aromatic heterocycles. The van der Waals surface area contributed by atoms with E-state index in [2.05, 4.69) is 11.4 Å². The minimum absolute atomic E-state index is 0.148. The molecule has 6 heteroatoms. The van der Waals surface area contributed by atoms with Crippen molar-refractivity contribution < 1.29 is 19.1 Å². The van der Waals surface area contributed by atoms with E-state index in [1.165, 1.54) is 4.90 Å². The largest absolute Gasteiger partial charge is 0.494 e. The summed E-state index contributed by atoms with van der Waals surface area (Å²) in [6.45, 7) is 6.85. The third-order valence-electron chi connectivity index (χ3n) is 5.44. The Hall–Kier alpha value is -4.06. The Morgan fingerprint density at radius 3 is 2.12 bits per heavy atom. The van der Waals surface area contributed by atoms with Gasteiger partial charge in [-0.05, 0) is 73.9 Å². The van der Waals surface area contributed by atoms with Crippen molar-refractivity contribution in [1.82, 2.24) is 4.90 Å². The summed E-state index contributed by atoms with van der Waals surface area (Å²) in [6.07, 6.45) is 0. The molecule has 1 aliphatic heterocycles. The summed E-state index contributed by atoms with van der Waals surface area (Å²) in [7, 11) is 0. The topological polar surface area (TPSA) is 67.9 Å². The molecule has 6 nitrogen and oxygen atoms in total. The molecule has 0 saturated heterocycles. The molecule has 1 aliphatic rings. The zero-order chi connectivity index (χ0) is 24.1. The zero-order valence-electron chi connectivity index (χ0n) is 19.6. The van der Waals surface area contributed by atoms with Crippen LogP contribution in [-0.2, 0) is 9.59 Å². The van der Waals surface area contributed by atoms with Crippen LogP contribution in [0.4, 0.5) is 5.69 Å². The van der Waals surface area contributed by atoms with Gasteiger partial charge < -0.3 is 14.8 Å². The molecule has 0 atom stereocenters. The van der Waals surface area contributed by atoms with Crippen LogP contribution in [0.1, 0.15) is 23.6 Å². The predicted molar refractivity (Wildman–Crippen MR) is 133 cm³/mol. The molecule has 0 spiro atoms. The number of anilines is 1. The molecule has 4 rings (SSSR count). The average Bonchev–Trinajstić information content (AvgIpc) is 3.04. The quantitative estimate of drug-likeness (QED) is 0.460. The fourth-order valence-corrected chi connectivity index (χ4v) is 3.98. The van der Waals surface area contributed by atoms with Crippen molar-refractivity contribution in [3.63, 3.8) is 0 Å². The molecular weight excluding hydrogens is 428 g/mol. The standard InChI is InChI=1S/C28H28N2O4/c1-4-33-23-12-10-22(11-13-23)29-26-25(21-8-6-5-7-9-21)27(31)30(28(26)32)14-15-34-24-17-19(2)16-20(3)18-24/h5-13,16-18,29H,4,14-15H2,1-3H3. The first-order valence-electron chi connectivity index (χ1n) is 11.3. The SMILES string of the molecule is CCOc1ccc(NC2=C(c3ccccc3)C(=O)N(CCOc3cc(C)cc(C)c3)C2=O)cc1. The Bertz CT molecular complexity index is 1200. The lowest BCUT2D eigenvalue weighted by Crippen LogP contribution is -2.36. The zero-order valence-corrected chi connectivity index (χ0v) is 19.6. The molecular formula is C28H28N2O4. The van der Waals surface area contributed by atoms with Gasteiger partial charge in [-0.15, -0.1) is 0 Å². The minimum atomic E-state index is -0.373. The normalized spacial score (nSPS) is 13.4. The number of aryl methyl sites for hydroxylation is 2. The van der Waals surface area contributed by atoms with Gasteiger partial charge in [0.25, 0.3) is 11.8 Å². The number of carbonyl (C=O) groups excluding carboxylic acids is 2. The summed E-state index contributed by atoms with van der Waals surface area (Å²) in [5.41, 5.74) is 4.18. The summed E-state index contributed by atoms with van der Waals surface area (Å²) in [4.78, 5) is 27.9. The summed E-state index contributed by atoms with van der Waals surface area (Å²) in [5, 5.41) is 3.16. The van der Waals surface area contributed by atoms with Gasteiger partial charge >= 0.3 is 0 Å². The Kier molecular flexibility index (Phi) is 6.97. The van der Waals surface area contributed by atoms with Crippen LogP contribution in [0.25, 0.3) is 5.57 Å². The summed E-state index contributed by atoms with van der Waals surface area (Å²) >= 11 is 0. The Labute approximate surface area is 199 Å². The lowest BCUT2D eigenvalue weighted by atomic mass is 10.0. The lowest BCUT2D eigenvalue weighted by Gasteiger charge is -2.16. The van der Waals surface area contributed by atoms with Crippen LogP contribution in [-0.4, -0.2) is 36.5 Å². The maximum Gasteiger partial charge on any atom is 0.278 e. The smallest absolute Gasteiger partial charge is 0.278 e. The number of benzene rings is 3. The van der Waals surface area contributed by atoms with Gasteiger partial charge in [0.1, 0.15) is 23.8 Å². The summed E-state index contributed by atoms with van der Waals surface area (Å²) in [6, 6.07) is 22.5. The monoisotopic (exact) mass is 456 g/mol. The number of ether oxygens (including phenoxy) is 2. The van der Waals surface area contributed by atoms with Crippen LogP contribution < -0.4 is 14.8 Å². The van der Waals surface area contributed by atoms with Crippen molar-refractivity contribution in [2.45, 2.75) is 20.8 Å². The molecule has 174 valence electrons. The van der Waals surface area contributed by atoms with Gasteiger partial charge in [-0.3, -0.25) is 14.5 Å². The van der Waals surface area contributed by atoms with E-state index in [1.807, 2.05) is 87.5 Å². The number of amides is 2. The Morgan fingerprint density at radius 2 is 1.47 bits per heavy atom. The van der Waals surface area contributed by atoms with Gasteiger partial charge in [-0.25, -0.2) is 0 Å². The Balaban J connectivity index is 1.55. The highest BCUT2D eigenvalue weighted by molar-refractivity contribution is 6.36. The van der Waals surface area contributed by atoms with Gasteiger partial charge in [0.2, 0.25) is 0 Å². The van der Waals surface area contributed by atoms with Crippen molar-refractivity contribution in [3.05, 3.63) is 95.2 Å². The van der Waals surface area contributed by atoms with E-state index in [-0.39, 0.29) is 30.7 Å². The van der Waals surface area contributed by atoms with E-state index in [9.17, 15) is 9.59 Å². The molecule has 34 heavy (non-hydrogen) atoms. The van der Waals surface area contributed by atoms with E-state index < -0.39 is 0 Å². The van der Waals surface area contributed by atoms with Crippen molar-refractivity contribution in [2.75, 3.05) is 25.1 Å². The molecule has 0 bridgehead atoms. The van der Waals surface area contributed by atoms with Crippen molar-refractivity contribution in [1.29, 1.82) is 0 Å². The number of nitrogens with zero attached hydrogens (tertiary/aromatic N) is 1. The van der Waals surface area contributed by atoms with Crippen molar-refractivity contribution in [2.24, 2.45) is 0 Å². The third kappa shape index (κ3) is 5.12. The van der Waals surface area contributed by atoms with Crippen molar-refractivity contribution >= 4 is 23.1 Å².